The third-order valence-corrected chi connectivity index (χ3v) is 5.41. The lowest BCUT2D eigenvalue weighted by atomic mass is 9.84. The zero-order chi connectivity index (χ0) is 14.1. The van der Waals surface area contributed by atoms with Gasteiger partial charge in [-0.3, -0.25) is 9.80 Å². The van der Waals surface area contributed by atoms with Gasteiger partial charge in [0, 0.05) is 37.8 Å². The van der Waals surface area contributed by atoms with Crippen molar-refractivity contribution in [1.29, 1.82) is 0 Å². The molecule has 116 valence electrons. The Morgan fingerprint density at radius 2 is 2.05 bits per heavy atom. The molecule has 0 unspecified atom stereocenters. The number of piperidine rings is 1. The van der Waals surface area contributed by atoms with Crippen molar-refractivity contribution < 1.29 is 9.15 Å². The van der Waals surface area contributed by atoms with Gasteiger partial charge in [0.25, 0.3) is 0 Å². The molecule has 0 aromatic carbocycles. The zero-order valence-electron chi connectivity index (χ0n) is 12.7. The summed E-state index contributed by atoms with van der Waals surface area (Å²) in [4.78, 5) is 5.30. The first kappa shape index (κ1) is 13.8. The third kappa shape index (κ3) is 2.89. The van der Waals surface area contributed by atoms with Gasteiger partial charge in [-0.1, -0.05) is 0 Å². The molecule has 0 bridgehead atoms. The highest BCUT2D eigenvalue weighted by atomic mass is 16.5. The van der Waals surface area contributed by atoms with Crippen LogP contribution in [0.3, 0.4) is 0 Å². The summed E-state index contributed by atoms with van der Waals surface area (Å²) in [5.74, 6) is 0.713. The van der Waals surface area contributed by atoms with Crippen molar-refractivity contribution in [1.82, 2.24) is 9.80 Å². The Kier molecular flexibility index (Phi) is 4.01. The van der Waals surface area contributed by atoms with Crippen LogP contribution in [0.4, 0.5) is 0 Å². The fourth-order valence-corrected chi connectivity index (χ4v) is 4.43. The monoisotopic (exact) mass is 290 g/mol. The molecule has 0 amide bonds. The van der Waals surface area contributed by atoms with Crippen LogP contribution >= 0.6 is 0 Å². The van der Waals surface area contributed by atoms with Crippen LogP contribution in [-0.4, -0.2) is 54.7 Å². The summed E-state index contributed by atoms with van der Waals surface area (Å²) in [7, 11) is 0. The SMILES string of the molecule is c1cc(CN2C[C@@H]3CCCO[C@@H]3[C@H](N3CCCC3)C2)co1. The van der Waals surface area contributed by atoms with E-state index in [0.717, 1.165) is 19.7 Å². The van der Waals surface area contributed by atoms with E-state index >= 15 is 0 Å². The molecule has 0 N–H and O–H groups in total. The Balaban J connectivity index is 1.49. The fraction of sp³-hybridized carbons (Fsp3) is 0.765. The minimum absolute atomic E-state index is 0.470. The second kappa shape index (κ2) is 6.11. The van der Waals surface area contributed by atoms with E-state index in [1.807, 2.05) is 6.26 Å². The quantitative estimate of drug-likeness (QED) is 0.854. The van der Waals surface area contributed by atoms with Gasteiger partial charge in [0.1, 0.15) is 0 Å². The molecule has 0 aliphatic carbocycles. The molecule has 0 spiro atoms. The molecular formula is C17H26N2O2. The first-order valence-corrected chi connectivity index (χ1v) is 8.49. The van der Waals surface area contributed by atoms with Crippen molar-refractivity contribution in [2.24, 2.45) is 5.92 Å². The molecule has 3 fully saturated rings. The average molecular weight is 290 g/mol. The maximum Gasteiger partial charge on any atom is 0.0947 e. The molecule has 4 heteroatoms. The molecule has 1 aromatic heterocycles. The predicted octanol–water partition coefficient (Wildman–Crippen LogP) is 2.35. The van der Waals surface area contributed by atoms with Gasteiger partial charge in [-0.2, -0.15) is 0 Å². The molecule has 4 nitrogen and oxygen atoms in total. The van der Waals surface area contributed by atoms with Crippen molar-refractivity contribution in [2.45, 2.75) is 44.4 Å². The molecule has 0 saturated carbocycles. The minimum Gasteiger partial charge on any atom is -0.472 e. The number of furan rings is 1. The molecule has 0 radical (unpaired) electrons. The summed E-state index contributed by atoms with van der Waals surface area (Å²) < 4.78 is 11.4. The number of nitrogens with zero attached hydrogens (tertiary/aromatic N) is 2. The molecular weight excluding hydrogens is 264 g/mol. The van der Waals surface area contributed by atoms with Crippen molar-refractivity contribution >= 4 is 0 Å². The topological polar surface area (TPSA) is 28.9 Å². The van der Waals surface area contributed by atoms with Gasteiger partial charge in [0.2, 0.25) is 0 Å². The van der Waals surface area contributed by atoms with Gasteiger partial charge in [-0.15, -0.1) is 0 Å². The van der Waals surface area contributed by atoms with Crippen LogP contribution in [-0.2, 0) is 11.3 Å². The van der Waals surface area contributed by atoms with Crippen molar-refractivity contribution in [3.05, 3.63) is 24.2 Å². The van der Waals surface area contributed by atoms with E-state index in [-0.39, 0.29) is 0 Å². The Morgan fingerprint density at radius 1 is 1.14 bits per heavy atom. The van der Waals surface area contributed by atoms with E-state index in [4.69, 9.17) is 9.15 Å². The van der Waals surface area contributed by atoms with Crippen molar-refractivity contribution in [3.8, 4) is 0 Å². The normalized spacial score (nSPS) is 35.0. The van der Waals surface area contributed by atoms with Gasteiger partial charge < -0.3 is 9.15 Å². The molecule has 3 aliphatic rings. The number of likely N-dealkylation sites (tertiary alicyclic amines) is 2. The first-order valence-electron chi connectivity index (χ1n) is 8.49. The van der Waals surface area contributed by atoms with E-state index < -0.39 is 0 Å². The lowest BCUT2D eigenvalue weighted by molar-refractivity contribution is -0.112. The highest BCUT2D eigenvalue weighted by Gasteiger charge is 2.42. The smallest absolute Gasteiger partial charge is 0.0947 e. The Hall–Kier alpha value is -0.840. The summed E-state index contributed by atoms with van der Waals surface area (Å²) in [6, 6.07) is 2.69. The van der Waals surface area contributed by atoms with Gasteiger partial charge in [0.05, 0.1) is 18.6 Å². The largest absolute Gasteiger partial charge is 0.472 e. The summed E-state index contributed by atoms with van der Waals surface area (Å²) >= 11 is 0. The molecule has 3 aliphatic heterocycles. The van der Waals surface area contributed by atoms with Crippen LogP contribution in [0.2, 0.25) is 0 Å². The van der Waals surface area contributed by atoms with Crippen LogP contribution < -0.4 is 0 Å². The lowest BCUT2D eigenvalue weighted by Crippen LogP contribution is -2.60. The standard InChI is InChI=1S/C17H26N2O2/c1-2-7-19(6-1)16-12-18(10-14-5-9-20-13-14)11-15-4-3-8-21-17(15)16/h5,9,13,15-17H,1-4,6-8,10-12H2/t15-,16+,17-/m0/s1. The van der Waals surface area contributed by atoms with E-state index in [9.17, 15) is 0 Å². The zero-order valence-corrected chi connectivity index (χ0v) is 12.7. The molecule has 21 heavy (non-hydrogen) atoms. The molecule has 4 rings (SSSR count). The second-order valence-corrected chi connectivity index (χ2v) is 6.87. The lowest BCUT2D eigenvalue weighted by Gasteiger charge is -2.48. The van der Waals surface area contributed by atoms with Crippen LogP contribution in [0.5, 0.6) is 0 Å². The van der Waals surface area contributed by atoms with Crippen LogP contribution in [0, 0.1) is 5.92 Å². The van der Waals surface area contributed by atoms with Crippen molar-refractivity contribution in [2.75, 3.05) is 32.8 Å². The summed E-state index contributed by atoms with van der Waals surface area (Å²) in [5, 5.41) is 0. The van der Waals surface area contributed by atoms with Gasteiger partial charge in [-0.25, -0.2) is 0 Å². The summed E-state index contributed by atoms with van der Waals surface area (Å²) in [6.45, 7) is 6.83. The van der Waals surface area contributed by atoms with Crippen LogP contribution in [0.1, 0.15) is 31.2 Å². The predicted molar refractivity (Wildman–Crippen MR) is 81.0 cm³/mol. The Labute approximate surface area is 127 Å². The highest BCUT2D eigenvalue weighted by molar-refractivity contribution is 5.06. The number of rotatable bonds is 3. The maximum absolute atomic E-state index is 6.20. The van der Waals surface area contributed by atoms with Gasteiger partial charge in [0.15, 0.2) is 0 Å². The van der Waals surface area contributed by atoms with Crippen molar-refractivity contribution in [3.63, 3.8) is 0 Å². The molecule has 4 heterocycles. The van der Waals surface area contributed by atoms with Crippen LogP contribution in [0.15, 0.2) is 23.0 Å². The van der Waals surface area contributed by atoms with E-state index in [2.05, 4.69) is 15.9 Å². The minimum atomic E-state index is 0.470. The number of fused-ring (bicyclic) bond motifs is 1. The van der Waals surface area contributed by atoms with E-state index in [0.29, 0.717) is 18.1 Å². The van der Waals surface area contributed by atoms with E-state index in [1.54, 1.807) is 6.26 Å². The highest BCUT2D eigenvalue weighted by Crippen LogP contribution is 2.33. The Bertz CT molecular complexity index is 442. The molecule has 1 aromatic rings. The summed E-state index contributed by atoms with van der Waals surface area (Å²) in [6.07, 6.45) is 9.41. The first-order chi connectivity index (χ1) is 10.4. The maximum atomic E-state index is 6.20. The van der Waals surface area contributed by atoms with E-state index in [1.165, 1.54) is 50.9 Å². The van der Waals surface area contributed by atoms with Crippen LogP contribution in [0.25, 0.3) is 0 Å². The third-order valence-electron chi connectivity index (χ3n) is 5.41. The number of hydrogen-bond acceptors (Lipinski definition) is 4. The molecule has 3 saturated heterocycles. The Morgan fingerprint density at radius 3 is 2.86 bits per heavy atom. The van der Waals surface area contributed by atoms with Gasteiger partial charge in [-0.05, 0) is 50.8 Å². The summed E-state index contributed by atoms with van der Waals surface area (Å²) in [5.41, 5.74) is 1.30. The number of hydrogen-bond donors (Lipinski definition) is 0. The fourth-order valence-electron chi connectivity index (χ4n) is 4.43. The number of ether oxygens (including phenoxy) is 1. The second-order valence-electron chi connectivity index (χ2n) is 6.87. The molecule has 3 atom stereocenters. The van der Waals surface area contributed by atoms with Gasteiger partial charge >= 0.3 is 0 Å². The average Bonchev–Trinajstić information content (AvgIpc) is 3.20.